The summed E-state index contributed by atoms with van der Waals surface area (Å²) >= 11 is 0. The first-order valence-corrected chi connectivity index (χ1v) is 12.9. The summed E-state index contributed by atoms with van der Waals surface area (Å²) in [5.41, 5.74) is 6.61. The van der Waals surface area contributed by atoms with Crippen molar-refractivity contribution in [1.82, 2.24) is 14.7 Å². The maximum atomic E-state index is 13.5. The third kappa shape index (κ3) is 5.75. The van der Waals surface area contributed by atoms with E-state index in [1.165, 1.54) is 12.8 Å². The molecular weight excluding hydrogens is 495 g/mol. The second-order valence-corrected chi connectivity index (χ2v) is 10.0. The first-order chi connectivity index (χ1) is 18.2. The molecule has 2 fully saturated rings. The van der Waals surface area contributed by atoms with Crippen molar-refractivity contribution in [2.75, 3.05) is 11.9 Å². The van der Waals surface area contributed by atoms with Crippen molar-refractivity contribution >= 4 is 17.5 Å². The number of amides is 2. The van der Waals surface area contributed by atoms with Gasteiger partial charge in [-0.1, -0.05) is 37.1 Å². The van der Waals surface area contributed by atoms with Crippen LogP contribution in [0.3, 0.4) is 0 Å². The first-order valence-electron chi connectivity index (χ1n) is 12.9. The Morgan fingerprint density at radius 1 is 1.13 bits per heavy atom. The number of likely N-dealkylation sites (tertiary alicyclic amines) is 1. The number of nitrogens with zero attached hydrogens (tertiary/aromatic N) is 3. The molecule has 5 rings (SSSR count). The molecule has 200 valence electrons. The summed E-state index contributed by atoms with van der Waals surface area (Å²) in [6.45, 7) is 0.892. The number of halogens is 3. The standard InChI is InChI=1S/C28H30F3N5O2/c29-28(30,31)25-16-24(36(34-25)22-7-1-4-19(14-22)17-32)27(38)33-21-6-2-5-20(15-21)23(12-11-18-9-10-18)35-13-3-8-26(35)37/h1-2,4-7,14-16,18,23H,3,8-13,17,32H2,(H,33,38). The molecule has 1 unspecified atom stereocenters. The smallest absolute Gasteiger partial charge is 0.336 e. The summed E-state index contributed by atoms with van der Waals surface area (Å²) in [5.74, 6) is 0.109. The number of anilines is 1. The van der Waals surface area contributed by atoms with E-state index in [0.717, 1.165) is 35.6 Å². The Balaban J connectivity index is 1.43. The molecule has 2 amide bonds. The van der Waals surface area contributed by atoms with Crippen LogP contribution >= 0.6 is 0 Å². The summed E-state index contributed by atoms with van der Waals surface area (Å²) in [7, 11) is 0. The molecule has 10 heteroatoms. The first kappa shape index (κ1) is 26.0. The van der Waals surface area contributed by atoms with Crippen LogP contribution in [0.4, 0.5) is 18.9 Å². The number of nitrogens with one attached hydrogen (secondary N) is 1. The molecule has 7 nitrogen and oxygen atoms in total. The van der Waals surface area contributed by atoms with Gasteiger partial charge in [0.1, 0.15) is 5.69 Å². The molecule has 1 aromatic heterocycles. The van der Waals surface area contributed by atoms with Gasteiger partial charge in [-0.3, -0.25) is 9.59 Å². The van der Waals surface area contributed by atoms with Crippen LogP contribution in [-0.2, 0) is 17.5 Å². The maximum absolute atomic E-state index is 13.5. The summed E-state index contributed by atoms with van der Waals surface area (Å²) < 4.78 is 41.6. The predicted molar refractivity (Wildman–Crippen MR) is 136 cm³/mol. The van der Waals surface area contributed by atoms with E-state index in [1.807, 2.05) is 17.0 Å². The van der Waals surface area contributed by atoms with E-state index in [2.05, 4.69) is 10.4 Å². The Hall–Kier alpha value is -3.66. The molecule has 2 aromatic carbocycles. The molecule has 1 saturated carbocycles. The van der Waals surface area contributed by atoms with Crippen molar-refractivity contribution in [3.8, 4) is 5.69 Å². The lowest BCUT2D eigenvalue weighted by atomic mass is 9.98. The van der Waals surface area contributed by atoms with Gasteiger partial charge < -0.3 is 16.0 Å². The second-order valence-electron chi connectivity index (χ2n) is 10.0. The summed E-state index contributed by atoms with van der Waals surface area (Å²) in [4.78, 5) is 27.7. The lowest BCUT2D eigenvalue weighted by Crippen LogP contribution is -2.30. The van der Waals surface area contributed by atoms with Crippen molar-refractivity contribution in [3.63, 3.8) is 0 Å². The molecule has 2 aliphatic rings. The van der Waals surface area contributed by atoms with Crippen LogP contribution in [0, 0.1) is 5.92 Å². The van der Waals surface area contributed by atoms with Crippen molar-refractivity contribution < 1.29 is 22.8 Å². The van der Waals surface area contributed by atoms with Crippen LogP contribution in [0.25, 0.3) is 5.69 Å². The van der Waals surface area contributed by atoms with Crippen molar-refractivity contribution in [2.24, 2.45) is 11.7 Å². The van der Waals surface area contributed by atoms with Crippen LogP contribution in [0.2, 0.25) is 0 Å². The fourth-order valence-corrected chi connectivity index (χ4v) is 5.01. The van der Waals surface area contributed by atoms with Crippen LogP contribution in [-0.4, -0.2) is 33.0 Å². The Morgan fingerprint density at radius 2 is 1.92 bits per heavy atom. The molecule has 3 aromatic rings. The molecular formula is C28H30F3N5O2. The third-order valence-electron chi connectivity index (χ3n) is 7.18. The fourth-order valence-electron chi connectivity index (χ4n) is 5.01. The third-order valence-corrected chi connectivity index (χ3v) is 7.18. The minimum Gasteiger partial charge on any atom is -0.336 e. The molecule has 38 heavy (non-hydrogen) atoms. The number of hydrogen-bond acceptors (Lipinski definition) is 4. The molecule has 1 atom stereocenters. The average molecular weight is 526 g/mol. The number of alkyl halides is 3. The van der Waals surface area contributed by atoms with Crippen LogP contribution < -0.4 is 11.1 Å². The maximum Gasteiger partial charge on any atom is 0.435 e. The molecule has 1 aliphatic heterocycles. The molecule has 0 bridgehead atoms. The zero-order valence-corrected chi connectivity index (χ0v) is 20.9. The Morgan fingerprint density at radius 3 is 2.61 bits per heavy atom. The number of nitrogens with two attached hydrogens (primary N) is 1. The highest BCUT2D eigenvalue weighted by molar-refractivity contribution is 6.03. The van der Waals surface area contributed by atoms with E-state index in [0.29, 0.717) is 35.8 Å². The van der Waals surface area contributed by atoms with E-state index in [9.17, 15) is 22.8 Å². The Kier molecular flexibility index (Phi) is 7.25. The number of benzene rings is 2. The highest BCUT2D eigenvalue weighted by Crippen LogP contribution is 2.39. The van der Waals surface area contributed by atoms with Gasteiger partial charge in [0, 0.05) is 31.3 Å². The largest absolute Gasteiger partial charge is 0.435 e. The van der Waals surface area contributed by atoms with Gasteiger partial charge in [-0.15, -0.1) is 0 Å². The minimum atomic E-state index is -4.72. The topological polar surface area (TPSA) is 93.2 Å². The normalized spacial score (nSPS) is 16.6. The summed E-state index contributed by atoms with van der Waals surface area (Å²) in [5, 5.41) is 6.43. The lowest BCUT2D eigenvalue weighted by Gasteiger charge is -2.29. The molecule has 0 radical (unpaired) electrons. The van der Waals surface area contributed by atoms with E-state index in [1.54, 1.807) is 36.4 Å². The SMILES string of the molecule is NCc1cccc(-n2nc(C(F)(F)F)cc2C(=O)Nc2cccc(C(CCC3CC3)N3CCCC3=O)c2)c1. The molecule has 1 saturated heterocycles. The number of rotatable bonds is 9. The quantitative estimate of drug-likeness (QED) is 0.388. The van der Waals surface area contributed by atoms with Gasteiger partial charge in [0.2, 0.25) is 5.91 Å². The van der Waals surface area contributed by atoms with E-state index in [4.69, 9.17) is 5.73 Å². The number of carbonyl (C=O) groups is 2. The van der Waals surface area contributed by atoms with Crippen LogP contribution in [0.1, 0.15) is 71.9 Å². The number of aromatic nitrogens is 2. The van der Waals surface area contributed by atoms with Crippen molar-refractivity contribution in [3.05, 3.63) is 77.1 Å². The molecule has 3 N–H and O–H groups in total. The minimum absolute atomic E-state index is 0.0937. The van der Waals surface area contributed by atoms with Crippen molar-refractivity contribution in [1.29, 1.82) is 0 Å². The van der Waals surface area contributed by atoms with Gasteiger partial charge >= 0.3 is 6.18 Å². The van der Waals surface area contributed by atoms with E-state index in [-0.39, 0.29) is 24.2 Å². The molecule has 2 heterocycles. The highest BCUT2D eigenvalue weighted by Gasteiger charge is 2.36. The zero-order valence-electron chi connectivity index (χ0n) is 20.9. The number of hydrogen-bond donors (Lipinski definition) is 2. The van der Waals surface area contributed by atoms with Gasteiger partial charge in [-0.25, -0.2) is 4.68 Å². The van der Waals surface area contributed by atoms with E-state index >= 15 is 0 Å². The highest BCUT2D eigenvalue weighted by atomic mass is 19.4. The Bertz CT molecular complexity index is 1330. The summed E-state index contributed by atoms with van der Waals surface area (Å²) in [6, 6.07) is 14.4. The van der Waals surface area contributed by atoms with Gasteiger partial charge in [-0.2, -0.15) is 18.3 Å². The van der Waals surface area contributed by atoms with Crippen LogP contribution in [0.5, 0.6) is 0 Å². The lowest BCUT2D eigenvalue weighted by molar-refractivity contribution is -0.141. The van der Waals surface area contributed by atoms with Crippen LogP contribution in [0.15, 0.2) is 54.6 Å². The summed E-state index contributed by atoms with van der Waals surface area (Å²) in [6.07, 6.45) is 0.957. The fraction of sp³-hybridized carbons (Fsp3) is 0.393. The van der Waals surface area contributed by atoms with Gasteiger partial charge in [0.05, 0.1) is 11.7 Å². The monoisotopic (exact) mass is 525 g/mol. The zero-order chi connectivity index (χ0) is 26.9. The molecule has 0 spiro atoms. The average Bonchev–Trinajstić information content (AvgIpc) is 3.44. The predicted octanol–water partition coefficient (Wildman–Crippen LogP) is 5.46. The Labute approximate surface area is 218 Å². The van der Waals surface area contributed by atoms with Crippen molar-refractivity contribution in [2.45, 2.75) is 57.3 Å². The molecule has 1 aliphatic carbocycles. The number of carbonyl (C=O) groups excluding carboxylic acids is 2. The van der Waals surface area contributed by atoms with Gasteiger partial charge in [-0.05, 0) is 60.6 Å². The second kappa shape index (κ2) is 10.6. The van der Waals surface area contributed by atoms with Gasteiger partial charge in [0.25, 0.3) is 5.91 Å². The van der Waals surface area contributed by atoms with E-state index < -0.39 is 17.8 Å². The van der Waals surface area contributed by atoms with Gasteiger partial charge in [0.15, 0.2) is 5.69 Å².